The highest BCUT2D eigenvalue weighted by Gasteiger charge is 2.13. The van der Waals surface area contributed by atoms with Crippen molar-refractivity contribution in [3.63, 3.8) is 0 Å². The molecule has 3 aromatic carbocycles. The first-order valence-electron chi connectivity index (χ1n) is 11.0. The quantitative estimate of drug-likeness (QED) is 0.340. The molecule has 0 atom stereocenters. The van der Waals surface area contributed by atoms with E-state index in [1.165, 1.54) is 5.56 Å². The number of carbonyl (C=O) groups excluding carboxylic acids is 1. The van der Waals surface area contributed by atoms with E-state index in [0.717, 1.165) is 32.0 Å². The largest absolute Gasteiger partial charge is 0.493 e. The number of thiazole rings is 1. The molecule has 2 aromatic heterocycles. The average molecular weight is 472 g/mol. The van der Waals surface area contributed by atoms with Crippen molar-refractivity contribution < 1.29 is 14.3 Å². The van der Waals surface area contributed by atoms with Crippen LogP contribution in [-0.4, -0.2) is 36.1 Å². The molecule has 34 heavy (non-hydrogen) atoms. The van der Waals surface area contributed by atoms with Crippen LogP contribution in [0.1, 0.15) is 21.5 Å². The highest BCUT2D eigenvalue weighted by Crippen LogP contribution is 2.30. The SMILES string of the molecule is COc1ccc(CCNC(=O)c2ccc3c(c2)sc2nc(-c4ccc(C)cc4)cn23)cc1OC. The second-order valence-electron chi connectivity index (χ2n) is 8.12. The molecule has 0 bridgehead atoms. The van der Waals surface area contributed by atoms with Gasteiger partial charge in [0, 0.05) is 23.9 Å². The summed E-state index contributed by atoms with van der Waals surface area (Å²) in [4.78, 5) is 18.5. The van der Waals surface area contributed by atoms with E-state index in [1.807, 2.05) is 36.4 Å². The van der Waals surface area contributed by atoms with Crippen molar-refractivity contribution in [2.45, 2.75) is 13.3 Å². The van der Waals surface area contributed by atoms with Gasteiger partial charge in [0.2, 0.25) is 0 Å². The molecule has 1 N–H and O–H groups in total. The molecule has 1 amide bonds. The summed E-state index contributed by atoms with van der Waals surface area (Å²) in [5.74, 6) is 1.29. The van der Waals surface area contributed by atoms with Gasteiger partial charge in [0.1, 0.15) is 0 Å². The van der Waals surface area contributed by atoms with Crippen LogP contribution in [0.25, 0.3) is 26.4 Å². The number of benzene rings is 3. The van der Waals surface area contributed by atoms with Crippen LogP contribution in [-0.2, 0) is 6.42 Å². The van der Waals surface area contributed by atoms with Crippen molar-refractivity contribution in [2.75, 3.05) is 20.8 Å². The summed E-state index contributed by atoms with van der Waals surface area (Å²) < 4.78 is 13.8. The van der Waals surface area contributed by atoms with E-state index in [0.29, 0.717) is 30.0 Å². The average Bonchev–Trinajstić information content (AvgIpc) is 3.42. The number of hydrogen-bond acceptors (Lipinski definition) is 5. The first-order chi connectivity index (χ1) is 16.6. The van der Waals surface area contributed by atoms with Gasteiger partial charge in [0.15, 0.2) is 16.5 Å². The smallest absolute Gasteiger partial charge is 0.251 e. The standard InChI is InChI=1S/C27H25N3O3S/c1-17-4-7-19(8-5-17)21-16-30-22-10-9-20(15-25(22)34-27(30)29-21)26(31)28-13-12-18-6-11-23(32-2)24(14-18)33-3/h4-11,14-16H,12-13H2,1-3H3,(H,28,31). The Hall–Kier alpha value is -3.84. The number of methoxy groups -OCH3 is 2. The predicted molar refractivity (Wildman–Crippen MR) is 136 cm³/mol. The minimum atomic E-state index is -0.0891. The van der Waals surface area contributed by atoms with Crippen LogP contribution in [0.3, 0.4) is 0 Å². The summed E-state index contributed by atoms with van der Waals surface area (Å²) in [5, 5.41) is 3.01. The molecule has 2 heterocycles. The molecule has 6 nitrogen and oxygen atoms in total. The fourth-order valence-electron chi connectivity index (χ4n) is 3.96. The number of carbonyl (C=O) groups is 1. The molecule has 0 aliphatic rings. The van der Waals surface area contributed by atoms with Crippen LogP contribution in [0.5, 0.6) is 11.5 Å². The van der Waals surface area contributed by atoms with Crippen molar-refractivity contribution in [1.82, 2.24) is 14.7 Å². The summed E-state index contributed by atoms with van der Waals surface area (Å²) in [6.07, 6.45) is 2.75. The van der Waals surface area contributed by atoms with Gasteiger partial charge in [0.25, 0.3) is 5.91 Å². The first kappa shape index (κ1) is 22.0. The Labute approximate surface area is 201 Å². The zero-order valence-electron chi connectivity index (χ0n) is 19.3. The summed E-state index contributed by atoms with van der Waals surface area (Å²) in [5.41, 5.74) is 6.03. The lowest BCUT2D eigenvalue weighted by Crippen LogP contribution is -2.25. The van der Waals surface area contributed by atoms with Gasteiger partial charge in [-0.15, -0.1) is 0 Å². The van der Waals surface area contributed by atoms with Gasteiger partial charge in [-0.1, -0.05) is 47.2 Å². The lowest BCUT2D eigenvalue weighted by molar-refractivity contribution is 0.0954. The van der Waals surface area contributed by atoms with Gasteiger partial charge in [-0.3, -0.25) is 9.20 Å². The van der Waals surface area contributed by atoms with E-state index in [1.54, 1.807) is 25.6 Å². The molecule has 172 valence electrons. The van der Waals surface area contributed by atoms with Crippen LogP contribution in [0.15, 0.2) is 66.9 Å². The number of nitrogens with zero attached hydrogens (tertiary/aromatic N) is 2. The van der Waals surface area contributed by atoms with Crippen LogP contribution >= 0.6 is 11.3 Å². The summed E-state index contributed by atoms with van der Waals surface area (Å²) >= 11 is 1.59. The summed E-state index contributed by atoms with van der Waals surface area (Å²) in [6.45, 7) is 2.60. The molecule has 0 fully saturated rings. The molecule has 0 radical (unpaired) electrons. The Kier molecular flexibility index (Phi) is 5.94. The van der Waals surface area contributed by atoms with E-state index in [4.69, 9.17) is 14.5 Å². The molecule has 0 aliphatic heterocycles. The molecule has 7 heteroatoms. The zero-order valence-corrected chi connectivity index (χ0v) is 20.1. The number of nitrogens with one attached hydrogen (secondary N) is 1. The molecule has 0 spiro atoms. The van der Waals surface area contributed by atoms with Crippen LogP contribution in [0.2, 0.25) is 0 Å². The third-order valence-corrected chi connectivity index (χ3v) is 6.87. The van der Waals surface area contributed by atoms with E-state index in [2.05, 4.69) is 47.1 Å². The van der Waals surface area contributed by atoms with Crippen molar-refractivity contribution in [3.05, 3.63) is 83.6 Å². The van der Waals surface area contributed by atoms with Gasteiger partial charge in [0.05, 0.1) is 30.1 Å². The molecule has 0 aliphatic carbocycles. The molecular weight excluding hydrogens is 446 g/mol. The summed E-state index contributed by atoms with van der Waals surface area (Å²) in [7, 11) is 3.23. The number of ether oxygens (including phenoxy) is 2. The molecule has 0 saturated carbocycles. The Bertz CT molecular complexity index is 1480. The predicted octanol–water partition coefficient (Wildman–Crippen LogP) is 5.51. The van der Waals surface area contributed by atoms with E-state index in [-0.39, 0.29) is 5.91 Å². The second-order valence-corrected chi connectivity index (χ2v) is 9.13. The topological polar surface area (TPSA) is 64.9 Å². The minimum Gasteiger partial charge on any atom is -0.493 e. The van der Waals surface area contributed by atoms with Gasteiger partial charge in [-0.25, -0.2) is 4.98 Å². The van der Waals surface area contributed by atoms with Crippen molar-refractivity contribution in [2.24, 2.45) is 0 Å². The van der Waals surface area contributed by atoms with E-state index < -0.39 is 0 Å². The Balaban J connectivity index is 1.29. The van der Waals surface area contributed by atoms with E-state index >= 15 is 0 Å². The third-order valence-electron chi connectivity index (χ3n) is 5.85. The number of rotatable bonds is 7. The van der Waals surface area contributed by atoms with Gasteiger partial charge in [-0.2, -0.15) is 0 Å². The fourth-order valence-corrected chi connectivity index (χ4v) is 5.01. The molecule has 0 saturated heterocycles. The second kappa shape index (κ2) is 9.19. The van der Waals surface area contributed by atoms with Crippen molar-refractivity contribution in [3.8, 4) is 22.8 Å². The number of amides is 1. The number of hydrogen-bond donors (Lipinski definition) is 1. The molecular formula is C27H25N3O3S. The van der Waals surface area contributed by atoms with Crippen LogP contribution < -0.4 is 14.8 Å². The van der Waals surface area contributed by atoms with Gasteiger partial charge < -0.3 is 14.8 Å². The molecule has 0 unspecified atom stereocenters. The van der Waals surface area contributed by atoms with Crippen LogP contribution in [0.4, 0.5) is 0 Å². The maximum absolute atomic E-state index is 12.7. The number of fused-ring (bicyclic) bond motifs is 3. The summed E-state index contributed by atoms with van der Waals surface area (Å²) in [6, 6.07) is 20.0. The maximum atomic E-state index is 12.7. The molecule has 5 aromatic rings. The van der Waals surface area contributed by atoms with E-state index in [9.17, 15) is 4.79 Å². The van der Waals surface area contributed by atoms with Crippen molar-refractivity contribution >= 4 is 32.4 Å². The van der Waals surface area contributed by atoms with Crippen molar-refractivity contribution in [1.29, 1.82) is 0 Å². The monoisotopic (exact) mass is 471 g/mol. The highest BCUT2D eigenvalue weighted by molar-refractivity contribution is 7.23. The van der Waals surface area contributed by atoms with Gasteiger partial charge >= 0.3 is 0 Å². The van der Waals surface area contributed by atoms with Gasteiger partial charge in [-0.05, 0) is 49.2 Å². The zero-order chi connectivity index (χ0) is 23.7. The normalized spacial score (nSPS) is 11.1. The first-order valence-corrected chi connectivity index (χ1v) is 11.8. The number of imidazole rings is 1. The van der Waals surface area contributed by atoms with Crippen LogP contribution in [0, 0.1) is 6.92 Å². The Morgan fingerprint density at radius 3 is 2.56 bits per heavy atom. The highest BCUT2D eigenvalue weighted by atomic mass is 32.1. The fraction of sp³-hybridized carbons (Fsp3) is 0.185. The number of aryl methyl sites for hydroxylation is 1. The minimum absolute atomic E-state index is 0.0891. The lowest BCUT2D eigenvalue weighted by Gasteiger charge is -2.10. The Morgan fingerprint density at radius 2 is 1.79 bits per heavy atom. The lowest BCUT2D eigenvalue weighted by atomic mass is 10.1. The molecule has 5 rings (SSSR count). The number of aromatic nitrogens is 2. The maximum Gasteiger partial charge on any atom is 0.251 e. The third kappa shape index (κ3) is 4.22. The Morgan fingerprint density at radius 1 is 1.00 bits per heavy atom.